The number of benzene rings is 1. The molecule has 1 unspecified atom stereocenters. The van der Waals surface area contributed by atoms with Gasteiger partial charge in [0, 0.05) is 11.4 Å². The van der Waals surface area contributed by atoms with Crippen LogP contribution in [-0.2, 0) is 20.7 Å². The number of hydrogen-bond donors (Lipinski definition) is 1. The summed E-state index contributed by atoms with van der Waals surface area (Å²) < 4.78 is 4.84. The van der Waals surface area contributed by atoms with Gasteiger partial charge in [-0.15, -0.1) is 0 Å². The summed E-state index contributed by atoms with van der Waals surface area (Å²) in [6.07, 6.45) is 3.41. The molecule has 0 heterocycles. The number of hydrogen-bond acceptors (Lipinski definition) is 3. The quantitative estimate of drug-likeness (QED) is 0.669. The maximum atomic E-state index is 12.3. The number of rotatable bonds is 5. The molecule has 0 radical (unpaired) electrons. The summed E-state index contributed by atoms with van der Waals surface area (Å²) >= 11 is 6.14. The third-order valence-corrected chi connectivity index (χ3v) is 4.78. The monoisotopic (exact) mass is 310 g/mol. The fraction of sp³-hybridized carbons (Fsp3) is 0.500. The molecule has 0 saturated heterocycles. The molecule has 0 aromatic heterocycles. The van der Waals surface area contributed by atoms with Gasteiger partial charge in [0.2, 0.25) is 0 Å². The van der Waals surface area contributed by atoms with Crippen molar-refractivity contribution >= 4 is 23.5 Å². The van der Waals surface area contributed by atoms with Crippen LogP contribution in [-0.4, -0.2) is 24.2 Å². The van der Waals surface area contributed by atoms with E-state index in [4.69, 9.17) is 16.3 Å². The van der Waals surface area contributed by atoms with Crippen molar-refractivity contribution in [2.45, 2.75) is 32.1 Å². The highest BCUT2D eigenvalue weighted by Gasteiger charge is 2.54. The van der Waals surface area contributed by atoms with Gasteiger partial charge in [0.05, 0.1) is 7.11 Å². The Morgan fingerprint density at radius 3 is 2.48 bits per heavy atom. The normalized spacial score (nSPS) is 18.2. The average Bonchev–Trinajstić information content (AvgIpc) is 3.00. The van der Waals surface area contributed by atoms with Crippen LogP contribution in [0.4, 0.5) is 0 Å². The van der Waals surface area contributed by atoms with Gasteiger partial charge >= 0.3 is 11.9 Å². The largest absolute Gasteiger partial charge is 0.480 e. The lowest BCUT2D eigenvalue weighted by atomic mass is 9.70. The van der Waals surface area contributed by atoms with Crippen molar-refractivity contribution in [3.8, 4) is 0 Å². The van der Waals surface area contributed by atoms with E-state index >= 15 is 0 Å². The van der Waals surface area contributed by atoms with Gasteiger partial charge < -0.3 is 9.84 Å². The zero-order valence-corrected chi connectivity index (χ0v) is 12.7. The second-order valence-corrected chi connectivity index (χ2v) is 5.92. The predicted octanol–water partition coefficient (Wildman–Crippen LogP) is 3.32. The molecule has 1 aliphatic rings. The summed E-state index contributed by atoms with van der Waals surface area (Å²) in [6, 6.07) is 7.04. The van der Waals surface area contributed by atoms with Crippen molar-refractivity contribution in [1.29, 1.82) is 0 Å². The molecule has 2 rings (SSSR count). The standard InChI is InChI=1S/C16H19ClO4/c1-21-15(20)16(14(18)19,12-7-3-4-8-12)10-11-6-2-5-9-13(11)17/h2,5-6,9,12H,3-4,7-8,10H2,1H3,(H,18,19). The first-order valence-corrected chi connectivity index (χ1v) is 7.45. The number of carboxylic acid groups (broad SMARTS) is 1. The molecule has 21 heavy (non-hydrogen) atoms. The van der Waals surface area contributed by atoms with Crippen molar-refractivity contribution in [2.75, 3.05) is 7.11 Å². The maximum Gasteiger partial charge on any atom is 0.323 e. The lowest BCUT2D eigenvalue weighted by Gasteiger charge is -2.32. The Hall–Kier alpha value is -1.55. The number of methoxy groups -OCH3 is 1. The fourth-order valence-corrected chi connectivity index (χ4v) is 3.47. The second-order valence-electron chi connectivity index (χ2n) is 5.52. The summed E-state index contributed by atoms with van der Waals surface area (Å²) in [6.45, 7) is 0. The molecule has 1 N–H and O–H groups in total. The van der Waals surface area contributed by atoms with Crippen molar-refractivity contribution < 1.29 is 19.4 Å². The van der Waals surface area contributed by atoms with Crippen LogP contribution in [0.25, 0.3) is 0 Å². The number of esters is 1. The number of ether oxygens (including phenoxy) is 1. The Morgan fingerprint density at radius 2 is 1.95 bits per heavy atom. The molecule has 5 heteroatoms. The summed E-state index contributed by atoms with van der Waals surface area (Å²) in [5, 5.41) is 10.3. The first-order chi connectivity index (χ1) is 10.0. The van der Waals surface area contributed by atoms with E-state index in [1.54, 1.807) is 24.3 Å². The lowest BCUT2D eigenvalue weighted by molar-refractivity contribution is -0.171. The molecule has 1 fully saturated rings. The second kappa shape index (κ2) is 6.48. The molecule has 1 aromatic rings. The topological polar surface area (TPSA) is 63.6 Å². The zero-order chi connectivity index (χ0) is 15.5. The molecule has 4 nitrogen and oxygen atoms in total. The fourth-order valence-electron chi connectivity index (χ4n) is 3.26. The van der Waals surface area contributed by atoms with Crippen LogP contribution in [0.15, 0.2) is 24.3 Å². The van der Waals surface area contributed by atoms with Crippen molar-refractivity contribution in [1.82, 2.24) is 0 Å². The van der Waals surface area contributed by atoms with Crippen LogP contribution in [0.5, 0.6) is 0 Å². The highest BCUT2D eigenvalue weighted by Crippen LogP contribution is 2.44. The van der Waals surface area contributed by atoms with Crippen molar-refractivity contribution in [3.63, 3.8) is 0 Å². The summed E-state index contributed by atoms with van der Waals surface area (Å²) in [5.74, 6) is -2.01. The first-order valence-electron chi connectivity index (χ1n) is 7.07. The number of carbonyl (C=O) groups excluding carboxylic acids is 1. The van der Waals surface area contributed by atoms with Crippen molar-refractivity contribution in [3.05, 3.63) is 34.9 Å². The summed E-state index contributed by atoms with van der Waals surface area (Å²) in [5.41, 5.74) is -0.880. The van der Waals surface area contributed by atoms with E-state index in [1.807, 2.05) is 0 Å². The first kappa shape index (κ1) is 15.8. The molecule has 1 atom stereocenters. The maximum absolute atomic E-state index is 12.3. The van der Waals surface area contributed by atoms with Crippen LogP contribution >= 0.6 is 11.6 Å². The van der Waals surface area contributed by atoms with Gasteiger partial charge in [-0.25, -0.2) is 0 Å². The average molecular weight is 311 g/mol. The van der Waals surface area contributed by atoms with Gasteiger partial charge in [0.25, 0.3) is 0 Å². The van der Waals surface area contributed by atoms with Crippen molar-refractivity contribution in [2.24, 2.45) is 11.3 Å². The SMILES string of the molecule is COC(=O)C(Cc1ccccc1Cl)(C(=O)O)C1CCCC1. The van der Waals surface area contributed by atoms with E-state index in [9.17, 15) is 14.7 Å². The molecule has 0 amide bonds. The Balaban J connectivity index is 2.46. The van der Waals surface area contributed by atoms with Crippen LogP contribution in [0, 0.1) is 11.3 Å². The molecular weight excluding hydrogens is 292 g/mol. The van der Waals surface area contributed by atoms with Gasteiger partial charge in [0.15, 0.2) is 5.41 Å². The molecule has 0 spiro atoms. The lowest BCUT2D eigenvalue weighted by Crippen LogP contribution is -2.47. The van der Waals surface area contributed by atoms with E-state index < -0.39 is 17.4 Å². The van der Waals surface area contributed by atoms with Crippen LogP contribution < -0.4 is 0 Å². The van der Waals surface area contributed by atoms with Crippen LogP contribution in [0.1, 0.15) is 31.2 Å². The highest BCUT2D eigenvalue weighted by atomic mass is 35.5. The smallest absolute Gasteiger partial charge is 0.323 e. The Morgan fingerprint density at radius 1 is 1.33 bits per heavy atom. The minimum absolute atomic E-state index is 0.0688. The molecule has 1 aromatic carbocycles. The Kier molecular flexibility index (Phi) is 4.88. The highest BCUT2D eigenvalue weighted by molar-refractivity contribution is 6.31. The Labute approximate surface area is 129 Å². The van der Waals surface area contributed by atoms with Gasteiger partial charge in [0.1, 0.15) is 0 Å². The van der Waals surface area contributed by atoms with E-state index in [1.165, 1.54) is 7.11 Å². The van der Waals surface area contributed by atoms with Gasteiger partial charge in [-0.2, -0.15) is 0 Å². The number of aliphatic carboxylic acids is 1. The third-order valence-electron chi connectivity index (χ3n) is 4.41. The summed E-state index contributed by atoms with van der Waals surface area (Å²) in [4.78, 5) is 24.3. The number of halogens is 1. The van der Waals surface area contributed by atoms with Gasteiger partial charge in [-0.3, -0.25) is 9.59 Å². The van der Waals surface area contributed by atoms with E-state index in [-0.39, 0.29) is 12.3 Å². The molecule has 114 valence electrons. The van der Waals surface area contributed by atoms with E-state index in [0.29, 0.717) is 10.6 Å². The van der Waals surface area contributed by atoms with Gasteiger partial charge in [-0.05, 0) is 30.4 Å². The number of carboxylic acids is 1. The Bertz CT molecular complexity index is 537. The van der Waals surface area contributed by atoms with Gasteiger partial charge in [-0.1, -0.05) is 42.6 Å². The number of carbonyl (C=O) groups is 2. The molecule has 1 saturated carbocycles. The molecule has 1 aliphatic carbocycles. The van der Waals surface area contributed by atoms with Crippen LogP contribution in [0.2, 0.25) is 5.02 Å². The van der Waals surface area contributed by atoms with E-state index in [0.717, 1.165) is 25.7 Å². The predicted molar refractivity (Wildman–Crippen MR) is 79.2 cm³/mol. The minimum atomic E-state index is -1.55. The molecule has 0 bridgehead atoms. The van der Waals surface area contributed by atoms with Crippen LogP contribution in [0.3, 0.4) is 0 Å². The molecule has 0 aliphatic heterocycles. The van der Waals surface area contributed by atoms with E-state index in [2.05, 4.69) is 0 Å². The minimum Gasteiger partial charge on any atom is -0.480 e. The third kappa shape index (κ3) is 2.91. The summed E-state index contributed by atoms with van der Waals surface area (Å²) in [7, 11) is 1.24. The zero-order valence-electron chi connectivity index (χ0n) is 12.0. The molecular formula is C16H19ClO4.